The van der Waals surface area contributed by atoms with E-state index >= 15 is 0 Å². The van der Waals surface area contributed by atoms with Crippen LogP contribution in [0.5, 0.6) is 5.88 Å². The Morgan fingerprint density at radius 3 is 2.48 bits per heavy atom. The van der Waals surface area contributed by atoms with Crippen molar-refractivity contribution in [1.29, 1.82) is 0 Å². The first kappa shape index (κ1) is 32.5. The van der Waals surface area contributed by atoms with Gasteiger partial charge in [-0.1, -0.05) is 30.3 Å². The van der Waals surface area contributed by atoms with E-state index in [1.54, 1.807) is 24.7 Å². The summed E-state index contributed by atoms with van der Waals surface area (Å²) in [6, 6.07) is 17.4. The molecule has 2 amide bonds. The zero-order valence-electron chi connectivity index (χ0n) is 32.1. The molecule has 3 aromatic heterocycles. The molecule has 13 nitrogen and oxygen atoms in total. The second kappa shape index (κ2) is 14.7. The maximum atomic E-state index is 13.8. The van der Waals surface area contributed by atoms with Gasteiger partial charge in [0, 0.05) is 73.8 Å². The Hall–Kier alpha value is -5.40. The lowest BCUT2D eigenvalue weighted by Crippen LogP contribution is -2.48. The molecule has 0 bridgehead atoms. The number of anilines is 1. The molecule has 2 aliphatic heterocycles. The van der Waals surface area contributed by atoms with Crippen molar-refractivity contribution in [3.63, 3.8) is 0 Å². The lowest BCUT2D eigenvalue weighted by Gasteiger charge is -2.30. The van der Waals surface area contributed by atoms with Gasteiger partial charge in [0.25, 0.3) is 5.91 Å². The Morgan fingerprint density at radius 2 is 1.81 bits per heavy atom. The molecule has 5 aromatic rings. The number of hydrogen-bond donors (Lipinski definition) is 2. The summed E-state index contributed by atoms with van der Waals surface area (Å²) in [5.41, 5.74) is 4.46. The summed E-state index contributed by atoms with van der Waals surface area (Å²) in [7, 11) is 1.44. The molecule has 52 heavy (non-hydrogen) atoms. The first-order valence-electron chi connectivity index (χ1n) is 18.6. The molecule has 5 heterocycles. The zero-order valence-corrected chi connectivity index (χ0v) is 30.1. The van der Waals surface area contributed by atoms with Crippen molar-refractivity contribution in [2.24, 2.45) is 0 Å². The smallest absolute Gasteiger partial charge is 0.258 e. The number of aromatic nitrogens is 6. The number of H-pyrrole nitrogens is 1. The Morgan fingerprint density at radius 1 is 1.02 bits per heavy atom. The third-order valence-electron chi connectivity index (χ3n) is 9.52. The number of nitrogens with one attached hydrogen (secondary N) is 2. The number of ether oxygens (including phenoxy) is 2. The molecule has 0 spiro atoms. The summed E-state index contributed by atoms with van der Waals surface area (Å²) in [6.07, 6.45) is 6.21. The fourth-order valence-electron chi connectivity index (χ4n) is 6.52. The maximum absolute atomic E-state index is 13.8. The van der Waals surface area contributed by atoms with Gasteiger partial charge in [0.05, 0.1) is 20.9 Å². The molecule has 2 N–H and O–H groups in total. The van der Waals surface area contributed by atoms with E-state index in [-0.39, 0.29) is 38.2 Å². The molecule has 0 radical (unpaired) electrons. The molecule has 1 unspecified atom stereocenters. The molecular weight excluding hydrogens is 658 g/mol. The number of amides is 2. The third kappa shape index (κ3) is 7.32. The molecule has 270 valence electrons. The minimum Gasteiger partial charge on any atom is -0.475 e. The number of pyridine rings is 1. The summed E-state index contributed by atoms with van der Waals surface area (Å²) < 4.78 is 31.1. The van der Waals surface area contributed by atoms with E-state index in [9.17, 15) is 9.59 Å². The van der Waals surface area contributed by atoms with Gasteiger partial charge in [-0.15, -0.1) is 0 Å². The zero-order chi connectivity index (χ0) is 38.2. The van der Waals surface area contributed by atoms with Gasteiger partial charge in [0.2, 0.25) is 11.8 Å². The van der Waals surface area contributed by atoms with Crippen molar-refractivity contribution in [3.05, 3.63) is 78.8 Å². The van der Waals surface area contributed by atoms with E-state index in [2.05, 4.69) is 44.4 Å². The van der Waals surface area contributed by atoms with Gasteiger partial charge < -0.3 is 19.7 Å². The maximum Gasteiger partial charge on any atom is 0.258 e. The molecular formula is C39H45N9O4. The van der Waals surface area contributed by atoms with Crippen LogP contribution in [0.3, 0.4) is 0 Å². The topological polar surface area (TPSA) is 143 Å². The number of fused-ring (bicyclic) bond motifs is 1. The molecule has 1 saturated heterocycles. The lowest BCUT2D eigenvalue weighted by atomic mass is 9.98. The van der Waals surface area contributed by atoms with Crippen LogP contribution in [0.1, 0.15) is 54.9 Å². The van der Waals surface area contributed by atoms with E-state index in [4.69, 9.17) is 12.2 Å². The summed E-state index contributed by atoms with van der Waals surface area (Å²) >= 11 is 0. The van der Waals surface area contributed by atoms with Crippen LogP contribution in [0.2, 0.25) is 0 Å². The number of methoxy groups -OCH3 is 1. The van der Waals surface area contributed by atoms with Crippen LogP contribution >= 0.6 is 0 Å². The van der Waals surface area contributed by atoms with Crippen LogP contribution < -0.4 is 10.1 Å². The fraction of sp³-hybridized carbons (Fsp3) is 0.385. The molecule has 1 fully saturated rings. The number of nitrogens with zero attached hydrogens (tertiary/aromatic N) is 7. The number of aromatic amines is 1. The van der Waals surface area contributed by atoms with Crippen LogP contribution in [-0.4, -0.2) is 103 Å². The number of rotatable bonds is 11. The number of likely N-dealkylation sites (tertiary alicyclic amines) is 1. The average Bonchev–Trinajstić information content (AvgIpc) is 3.95. The molecule has 0 saturated carbocycles. The van der Waals surface area contributed by atoms with Gasteiger partial charge in [0.1, 0.15) is 12.0 Å². The van der Waals surface area contributed by atoms with Gasteiger partial charge in [-0.25, -0.2) is 14.6 Å². The van der Waals surface area contributed by atoms with Crippen LogP contribution in [0.15, 0.2) is 73.2 Å². The summed E-state index contributed by atoms with van der Waals surface area (Å²) in [5, 5.41) is 15.8. The number of hydrogen-bond acceptors (Lipinski definition) is 9. The van der Waals surface area contributed by atoms with Crippen molar-refractivity contribution in [2.75, 3.05) is 45.1 Å². The predicted octanol–water partition coefficient (Wildman–Crippen LogP) is 5.60. The van der Waals surface area contributed by atoms with Crippen LogP contribution in [0.25, 0.3) is 39.1 Å². The monoisotopic (exact) mass is 705 g/mol. The standard InChI is InChI=1S/C39H45N9O4/c1-25(2)48-24-41-37(45-48)29-8-6-27(7-9-29)28-14-17-47(18-15-28)35(49)22-46-19-16-39(23-46,51-5)38(50)42-31-11-12-33-32(20-31)36(44-43-33)30-10-13-34(40-21-30)52-26(3)4/h6-14,20-21,24-26H,15-19,22-23H2,1-5H3,(H,42,50)(H,43,44)/i22D2. The highest BCUT2D eigenvalue weighted by Gasteiger charge is 2.45. The highest BCUT2D eigenvalue weighted by Crippen LogP contribution is 2.32. The molecule has 7 rings (SSSR count). The Bertz CT molecular complexity index is 2180. The van der Waals surface area contributed by atoms with Crippen molar-refractivity contribution in [2.45, 2.75) is 58.3 Å². The number of benzene rings is 2. The summed E-state index contributed by atoms with van der Waals surface area (Å²) in [4.78, 5) is 39.3. The first-order chi connectivity index (χ1) is 25.9. The van der Waals surface area contributed by atoms with Gasteiger partial charge >= 0.3 is 0 Å². The largest absolute Gasteiger partial charge is 0.475 e. The van der Waals surface area contributed by atoms with Crippen molar-refractivity contribution >= 4 is 34.0 Å². The van der Waals surface area contributed by atoms with Crippen LogP contribution in [0.4, 0.5) is 5.69 Å². The minimum atomic E-state index is -2.34. The van der Waals surface area contributed by atoms with Crippen molar-refractivity contribution in [3.8, 4) is 28.5 Å². The van der Waals surface area contributed by atoms with Crippen molar-refractivity contribution < 1.29 is 21.8 Å². The first-order valence-corrected chi connectivity index (χ1v) is 17.6. The van der Waals surface area contributed by atoms with E-state index in [1.165, 1.54) is 16.9 Å². The SMILES string of the molecule is [2H]C([2H])(C(=O)N1CC=C(c2ccc(-c3ncn(C(C)C)n3)cc2)CC1)N1CCC(OC)(C(=O)Nc2ccc3[nH]nc(-c4ccc(OC(C)C)nc4)c3c2)C1. The van der Waals surface area contributed by atoms with E-state index in [0.29, 0.717) is 36.1 Å². The van der Waals surface area contributed by atoms with E-state index < -0.39 is 23.9 Å². The Balaban J connectivity index is 0.989. The molecule has 13 heteroatoms. The van der Waals surface area contributed by atoms with E-state index in [0.717, 1.165) is 33.2 Å². The fourth-order valence-corrected chi connectivity index (χ4v) is 6.52. The average molecular weight is 706 g/mol. The van der Waals surface area contributed by atoms with Gasteiger partial charge in [-0.05, 0) is 75.9 Å². The van der Waals surface area contributed by atoms with E-state index in [1.807, 2.05) is 67.1 Å². The summed E-state index contributed by atoms with van der Waals surface area (Å²) in [6.45, 7) is 6.38. The highest BCUT2D eigenvalue weighted by atomic mass is 16.5. The predicted molar refractivity (Wildman–Crippen MR) is 200 cm³/mol. The quantitative estimate of drug-likeness (QED) is 0.180. The van der Waals surface area contributed by atoms with Gasteiger partial charge in [-0.2, -0.15) is 10.2 Å². The minimum absolute atomic E-state index is 0.00433. The second-order valence-electron chi connectivity index (χ2n) is 13.8. The third-order valence-corrected chi connectivity index (χ3v) is 9.52. The van der Waals surface area contributed by atoms with Crippen molar-refractivity contribution in [1.82, 2.24) is 39.7 Å². The molecule has 0 aliphatic carbocycles. The molecule has 2 aromatic carbocycles. The number of carbonyl (C=O) groups excluding carboxylic acids is 2. The van der Waals surface area contributed by atoms with Crippen LogP contribution in [-0.2, 0) is 14.3 Å². The lowest BCUT2D eigenvalue weighted by molar-refractivity contribution is -0.138. The highest BCUT2D eigenvalue weighted by molar-refractivity contribution is 6.01. The van der Waals surface area contributed by atoms with Gasteiger partial charge in [-0.3, -0.25) is 19.6 Å². The normalized spacial score (nSPS) is 18.8. The summed E-state index contributed by atoms with van der Waals surface area (Å²) in [5.74, 6) is 0.135. The Labute approximate surface area is 305 Å². The second-order valence-corrected chi connectivity index (χ2v) is 13.8. The van der Waals surface area contributed by atoms with Gasteiger partial charge in [0.15, 0.2) is 11.4 Å². The Kier molecular flexibility index (Phi) is 9.18. The molecule has 2 aliphatic rings. The van der Waals surface area contributed by atoms with Crippen LogP contribution in [0, 0.1) is 0 Å². The number of carbonyl (C=O) groups is 2. The molecule has 1 atom stereocenters.